The van der Waals surface area contributed by atoms with Gasteiger partial charge in [0, 0.05) is 17.1 Å². The first-order chi connectivity index (χ1) is 8.08. The third kappa shape index (κ3) is 2.06. The fourth-order valence-corrected chi connectivity index (χ4v) is 2.04. The lowest BCUT2D eigenvalue weighted by Gasteiger charge is -2.23. The van der Waals surface area contributed by atoms with Gasteiger partial charge in [-0.05, 0) is 29.0 Å². The zero-order valence-corrected chi connectivity index (χ0v) is 10.7. The smallest absolute Gasteiger partial charge is 0.0670 e. The molecule has 2 rings (SSSR count). The van der Waals surface area contributed by atoms with Gasteiger partial charge in [0.2, 0.25) is 0 Å². The van der Waals surface area contributed by atoms with Crippen LogP contribution in [0.25, 0.3) is 10.9 Å². The first-order valence-electron chi connectivity index (χ1n) is 6.06. The van der Waals surface area contributed by atoms with Gasteiger partial charge < -0.3 is 4.98 Å². The summed E-state index contributed by atoms with van der Waals surface area (Å²) >= 11 is 0. The lowest BCUT2D eigenvalue weighted by Crippen LogP contribution is -2.15. The van der Waals surface area contributed by atoms with Crippen molar-refractivity contribution in [1.29, 1.82) is 5.26 Å². The number of aromatic amines is 1. The van der Waals surface area contributed by atoms with Crippen LogP contribution in [0.1, 0.15) is 38.3 Å². The summed E-state index contributed by atoms with van der Waals surface area (Å²) in [6.45, 7) is 6.72. The van der Waals surface area contributed by atoms with E-state index in [0.717, 1.165) is 17.5 Å². The molecule has 17 heavy (non-hydrogen) atoms. The Morgan fingerprint density at radius 1 is 1.35 bits per heavy atom. The minimum Gasteiger partial charge on any atom is -0.361 e. The van der Waals surface area contributed by atoms with Crippen molar-refractivity contribution in [3.05, 3.63) is 35.5 Å². The average Bonchev–Trinajstić information content (AvgIpc) is 2.72. The average molecular weight is 226 g/mol. The number of nitrogens with one attached hydrogen (secondary N) is 1. The van der Waals surface area contributed by atoms with E-state index in [2.05, 4.69) is 50.0 Å². The van der Waals surface area contributed by atoms with E-state index >= 15 is 0 Å². The monoisotopic (exact) mass is 226 g/mol. The number of rotatable bonds is 3. The van der Waals surface area contributed by atoms with Crippen molar-refractivity contribution in [1.82, 2.24) is 4.98 Å². The molecule has 1 N–H and O–H groups in total. The molecule has 0 amide bonds. The highest BCUT2D eigenvalue weighted by Gasteiger charge is 2.18. The van der Waals surface area contributed by atoms with Crippen LogP contribution in [-0.4, -0.2) is 4.98 Å². The maximum Gasteiger partial charge on any atom is 0.0670 e. The van der Waals surface area contributed by atoms with E-state index in [9.17, 15) is 0 Å². The van der Waals surface area contributed by atoms with Crippen molar-refractivity contribution >= 4 is 10.9 Å². The molecule has 1 aromatic carbocycles. The summed E-state index contributed by atoms with van der Waals surface area (Å²) in [7, 11) is 0. The fourth-order valence-electron chi connectivity index (χ4n) is 2.04. The lowest BCUT2D eigenvalue weighted by atomic mass is 9.82. The highest BCUT2D eigenvalue weighted by molar-refractivity contribution is 5.84. The SMILES string of the molecule is CCC(C)(C)c1ccc2c(CC#N)c[nH]c2c1. The Morgan fingerprint density at radius 3 is 2.76 bits per heavy atom. The molecule has 1 aromatic heterocycles. The second-order valence-electron chi connectivity index (χ2n) is 5.15. The normalized spacial score (nSPS) is 11.6. The topological polar surface area (TPSA) is 39.6 Å². The molecule has 0 saturated heterocycles. The molecule has 0 aliphatic rings. The molecule has 2 nitrogen and oxygen atoms in total. The summed E-state index contributed by atoms with van der Waals surface area (Å²) in [5, 5.41) is 9.92. The molecule has 0 unspecified atom stereocenters. The predicted octanol–water partition coefficient (Wildman–Crippen LogP) is 3.92. The van der Waals surface area contributed by atoms with Gasteiger partial charge in [0.1, 0.15) is 0 Å². The number of nitrogens with zero attached hydrogens (tertiary/aromatic N) is 1. The van der Waals surface area contributed by atoms with Crippen molar-refractivity contribution < 1.29 is 0 Å². The summed E-state index contributed by atoms with van der Waals surface area (Å²) in [5.41, 5.74) is 3.77. The van der Waals surface area contributed by atoms with Gasteiger partial charge in [0.05, 0.1) is 12.5 Å². The van der Waals surface area contributed by atoms with Crippen LogP contribution in [0.4, 0.5) is 0 Å². The van der Waals surface area contributed by atoms with Gasteiger partial charge in [0.15, 0.2) is 0 Å². The highest BCUT2D eigenvalue weighted by atomic mass is 14.7. The Labute approximate surface area is 102 Å². The third-order valence-electron chi connectivity index (χ3n) is 3.70. The molecule has 2 aromatic rings. The Balaban J connectivity index is 2.50. The molecule has 0 bridgehead atoms. The Kier molecular flexibility index (Phi) is 2.93. The van der Waals surface area contributed by atoms with Crippen molar-refractivity contribution in [2.24, 2.45) is 0 Å². The molecular formula is C15H18N2. The van der Waals surface area contributed by atoms with Gasteiger partial charge in [-0.25, -0.2) is 0 Å². The van der Waals surface area contributed by atoms with Gasteiger partial charge in [-0.1, -0.05) is 32.9 Å². The van der Waals surface area contributed by atoms with Gasteiger partial charge >= 0.3 is 0 Å². The molecule has 0 saturated carbocycles. The number of hydrogen-bond donors (Lipinski definition) is 1. The van der Waals surface area contributed by atoms with Crippen LogP contribution < -0.4 is 0 Å². The largest absolute Gasteiger partial charge is 0.361 e. The molecular weight excluding hydrogens is 208 g/mol. The van der Waals surface area contributed by atoms with Crippen LogP contribution in [0.2, 0.25) is 0 Å². The fraction of sp³-hybridized carbons (Fsp3) is 0.400. The quantitative estimate of drug-likeness (QED) is 0.846. The minimum atomic E-state index is 0.203. The maximum atomic E-state index is 8.76. The number of aromatic nitrogens is 1. The van der Waals surface area contributed by atoms with E-state index < -0.39 is 0 Å². The number of hydrogen-bond acceptors (Lipinski definition) is 1. The van der Waals surface area contributed by atoms with Crippen molar-refractivity contribution in [2.75, 3.05) is 0 Å². The number of nitriles is 1. The lowest BCUT2D eigenvalue weighted by molar-refractivity contribution is 0.507. The summed E-state index contributed by atoms with van der Waals surface area (Å²) in [4.78, 5) is 3.26. The first-order valence-corrected chi connectivity index (χ1v) is 6.06. The van der Waals surface area contributed by atoms with Gasteiger partial charge in [0.25, 0.3) is 0 Å². The highest BCUT2D eigenvalue weighted by Crippen LogP contribution is 2.30. The zero-order valence-electron chi connectivity index (χ0n) is 10.7. The van der Waals surface area contributed by atoms with Gasteiger partial charge in [-0.3, -0.25) is 0 Å². The molecule has 0 spiro atoms. The Morgan fingerprint density at radius 2 is 2.12 bits per heavy atom. The molecule has 0 aliphatic heterocycles. The predicted molar refractivity (Wildman–Crippen MR) is 70.9 cm³/mol. The van der Waals surface area contributed by atoms with E-state index in [-0.39, 0.29) is 5.41 Å². The van der Waals surface area contributed by atoms with E-state index in [1.54, 1.807) is 0 Å². The zero-order chi connectivity index (χ0) is 12.5. The third-order valence-corrected chi connectivity index (χ3v) is 3.70. The van der Waals surface area contributed by atoms with Crippen LogP contribution in [0.5, 0.6) is 0 Å². The molecule has 0 fully saturated rings. The van der Waals surface area contributed by atoms with E-state index in [1.807, 2.05) is 6.20 Å². The van der Waals surface area contributed by atoms with Crippen LogP contribution in [0, 0.1) is 11.3 Å². The summed E-state index contributed by atoms with van der Waals surface area (Å²) in [6, 6.07) is 8.72. The summed E-state index contributed by atoms with van der Waals surface area (Å²) in [6.07, 6.45) is 3.53. The summed E-state index contributed by atoms with van der Waals surface area (Å²) < 4.78 is 0. The van der Waals surface area contributed by atoms with Crippen LogP contribution >= 0.6 is 0 Å². The van der Waals surface area contributed by atoms with Crippen LogP contribution in [0.3, 0.4) is 0 Å². The molecule has 0 radical (unpaired) electrons. The number of fused-ring (bicyclic) bond motifs is 1. The van der Waals surface area contributed by atoms with Crippen molar-refractivity contribution in [3.8, 4) is 6.07 Å². The van der Waals surface area contributed by atoms with Crippen molar-refractivity contribution in [2.45, 2.75) is 39.0 Å². The van der Waals surface area contributed by atoms with Gasteiger partial charge in [-0.15, -0.1) is 0 Å². The van der Waals surface area contributed by atoms with Crippen LogP contribution in [-0.2, 0) is 11.8 Å². The Bertz CT molecular complexity index is 570. The van der Waals surface area contributed by atoms with Crippen LogP contribution in [0.15, 0.2) is 24.4 Å². The second kappa shape index (κ2) is 4.25. The number of benzene rings is 1. The Hall–Kier alpha value is -1.75. The van der Waals surface area contributed by atoms with E-state index in [4.69, 9.17) is 5.26 Å². The molecule has 0 aliphatic carbocycles. The van der Waals surface area contributed by atoms with Crippen molar-refractivity contribution in [3.63, 3.8) is 0 Å². The summed E-state index contributed by atoms with van der Waals surface area (Å²) in [5.74, 6) is 0. The van der Waals surface area contributed by atoms with E-state index in [1.165, 1.54) is 10.9 Å². The molecule has 1 heterocycles. The van der Waals surface area contributed by atoms with Gasteiger partial charge in [-0.2, -0.15) is 5.26 Å². The first kappa shape index (κ1) is 11.7. The molecule has 2 heteroatoms. The number of H-pyrrole nitrogens is 1. The molecule has 88 valence electrons. The van der Waals surface area contributed by atoms with E-state index in [0.29, 0.717) is 6.42 Å². The minimum absolute atomic E-state index is 0.203. The maximum absolute atomic E-state index is 8.76. The molecule has 0 atom stereocenters. The standard InChI is InChI=1S/C15H18N2/c1-4-15(2,3)12-5-6-13-11(7-8-16)10-17-14(13)9-12/h5-6,9-10,17H,4,7H2,1-3H3. The second-order valence-corrected chi connectivity index (χ2v) is 5.15.